The molecule has 2 aromatic rings. The highest BCUT2D eigenvalue weighted by Crippen LogP contribution is 2.27. The molecule has 0 fully saturated rings. The van der Waals surface area contributed by atoms with E-state index in [0.29, 0.717) is 11.4 Å². The second-order valence-electron chi connectivity index (χ2n) is 4.88. The van der Waals surface area contributed by atoms with Crippen LogP contribution < -0.4 is 5.32 Å². The van der Waals surface area contributed by atoms with Gasteiger partial charge in [-0.1, -0.05) is 25.5 Å². The summed E-state index contributed by atoms with van der Waals surface area (Å²) in [6, 6.07) is 6.72. The van der Waals surface area contributed by atoms with Crippen molar-refractivity contribution in [3.8, 4) is 0 Å². The molecule has 3 rings (SSSR count). The normalized spacial score (nSPS) is 16.0. The minimum Gasteiger partial charge on any atom is -0.339 e. The van der Waals surface area contributed by atoms with Gasteiger partial charge in [0.15, 0.2) is 5.84 Å². The Bertz CT molecular complexity index is 793. The summed E-state index contributed by atoms with van der Waals surface area (Å²) in [7, 11) is -3.67. The zero-order valence-corrected chi connectivity index (χ0v) is 12.4. The molecule has 0 saturated heterocycles. The van der Waals surface area contributed by atoms with E-state index in [9.17, 15) is 8.42 Å². The van der Waals surface area contributed by atoms with Gasteiger partial charge in [0.25, 0.3) is 10.0 Å². The van der Waals surface area contributed by atoms with Crippen molar-refractivity contribution in [3.63, 3.8) is 0 Å². The number of hydrogen-bond donors (Lipinski definition) is 2. The Morgan fingerprint density at radius 1 is 1.24 bits per heavy atom. The molecule has 0 amide bonds. The minimum absolute atomic E-state index is 0.194. The van der Waals surface area contributed by atoms with Crippen LogP contribution in [0.4, 0.5) is 5.69 Å². The first-order chi connectivity index (χ1) is 10.1. The topological polar surface area (TPSA) is 87.2 Å². The standard InChI is InChI=1S/C14H16N4O2S/c1-2-3-8-13-15-9-11(16-13)14-17-10-6-4-5-7-12(10)21(19,20)18-14/h4-7,9H,2-3,8H2,1H3,(H,15,16)(H,17,18). The number of para-hydroxylation sites is 1. The number of amidine groups is 1. The lowest BCUT2D eigenvalue weighted by Crippen LogP contribution is -2.22. The van der Waals surface area contributed by atoms with Crippen molar-refractivity contribution < 1.29 is 8.42 Å². The molecule has 0 saturated carbocycles. The molecule has 7 heteroatoms. The van der Waals surface area contributed by atoms with Crippen LogP contribution in [-0.4, -0.2) is 24.2 Å². The van der Waals surface area contributed by atoms with Crippen LogP contribution in [0.1, 0.15) is 31.3 Å². The van der Waals surface area contributed by atoms with Crippen molar-refractivity contribution >= 4 is 21.5 Å². The quantitative estimate of drug-likeness (QED) is 0.907. The zero-order chi connectivity index (χ0) is 14.9. The summed E-state index contributed by atoms with van der Waals surface area (Å²) in [4.78, 5) is 7.57. The molecule has 0 spiro atoms. The first-order valence-electron chi connectivity index (χ1n) is 6.85. The fourth-order valence-corrected chi connectivity index (χ4v) is 3.32. The number of aromatic amines is 1. The van der Waals surface area contributed by atoms with Crippen molar-refractivity contribution in [3.05, 3.63) is 42.0 Å². The maximum absolute atomic E-state index is 12.2. The Labute approximate surface area is 123 Å². The van der Waals surface area contributed by atoms with Gasteiger partial charge in [0.1, 0.15) is 16.4 Å². The summed E-state index contributed by atoms with van der Waals surface area (Å²) in [6.45, 7) is 2.11. The Hall–Kier alpha value is -2.15. The maximum atomic E-state index is 12.2. The fourth-order valence-electron chi connectivity index (χ4n) is 2.19. The lowest BCUT2D eigenvalue weighted by molar-refractivity contribution is 0.598. The van der Waals surface area contributed by atoms with Gasteiger partial charge in [-0.15, -0.1) is 4.40 Å². The second kappa shape index (κ2) is 5.33. The highest BCUT2D eigenvalue weighted by molar-refractivity contribution is 7.90. The monoisotopic (exact) mass is 304 g/mol. The number of aromatic nitrogens is 2. The van der Waals surface area contributed by atoms with Crippen LogP contribution in [-0.2, 0) is 16.4 Å². The smallest absolute Gasteiger partial charge is 0.286 e. The number of benzene rings is 1. The van der Waals surface area contributed by atoms with Gasteiger partial charge in [0.2, 0.25) is 0 Å². The molecular formula is C14H16N4O2S. The van der Waals surface area contributed by atoms with E-state index in [-0.39, 0.29) is 10.7 Å². The van der Waals surface area contributed by atoms with Gasteiger partial charge in [-0.25, -0.2) is 4.98 Å². The predicted molar refractivity (Wildman–Crippen MR) is 81.0 cm³/mol. The van der Waals surface area contributed by atoms with E-state index >= 15 is 0 Å². The summed E-state index contributed by atoms with van der Waals surface area (Å²) in [5.74, 6) is 1.12. The molecule has 1 aliphatic rings. The molecule has 21 heavy (non-hydrogen) atoms. The van der Waals surface area contributed by atoms with E-state index in [1.807, 2.05) is 0 Å². The largest absolute Gasteiger partial charge is 0.339 e. The van der Waals surface area contributed by atoms with Crippen molar-refractivity contribution in [2.75, 3.05) is 5.32 Å². The van der Waals surface area contributed by atoms with Crippen LogP contribution in [0.3, 0.4) is 0 Å². The van der Waals surface area contributed by atoms with E-state index in [2.05, 4.69) is 26.6 Å². The van der Waals surface area contributed by atoms with E-state index in [4.69, 9.17) is 0 Å². The molecule has 0 aliphatic carbocycles. The fraction of sp³-hybridized carbons (Fsp3) is 0.286. The van der Waals surface area contributed by atoms with Gasteiger partial charge in [0, 0.05) is 6.42 Å². The number of unbranched alkanes of at least 4 members (excludes halogenated alkanes) is 1. The van der Waals surface area contributed by atoms with Gasteiger partial charge in [-0.3, -0.25) is 0 Å². The number of imidazole rings is 1. The summed E-state index contributed by atoms with van der Waals surface area (Å²) in [5, 5.41) is 3.04. The number of rotatable bonds is 4. The summed E-state index contributed by atoms with van der Waals surface area (Å²) in [5.41, 5.74) is 1.12. The Kier molecular flexibility index (Phi) is 3.50. The highest BCUT2D eigenvalue weighted by Gasteiger charge is 2.25. The van der Waals surface area contributed by atoms with E-state index in [0.717, 1.165) is 25.1 Å². The zero-order valence-electron chi connectivity index (χ0n) is 11.6. The first kappa shape index (κ1) is 13.8. The predicted octanol–water partition coefficient (Wildman–Crippen LogP) is 2.31. The molecule has 0 unspecified atom stereocenters. The lowest BCUT2D eigenvalue weighted by atomic mass is 10.2. The van der Waals surface area contributed by atoms with Crippen LogP contribution in [0.5, 0.6) is 0 Å². The lowest BCUT2D eigenvalue weighted by Gasteiger charge is -2.16. The average Bonchev–Trinajstić information content (AvgIpc) is 2.93. The third-order valence-corrected chi connectivity index (χ3v) is 4.61. The van der Waals surface area contributed by atoms with Crippen LogP contribution >= 0.6 is 0 Å². The number of nitrogens with zero attached hydrogens (tertiary/aromatic N) is 2. The number of nitrogens with one attached hydrogen (secondary N) is 2. The second-order valence-corrected chi connectivity index (χ2v) is 6.46. The van der Waals surface area contributed by atoms with Crippen molar-refractivity contribution in [1.29, 1.82) is 0 Å². The number of aryl methyl sites for hydroxylation is 1. The number of hydrogen-bond acceptors (Lipinski definition) is 4. The van der Waals surface area contributed by atoms with E-state index in [1.165, 1.54) is 6.07 Å². The molecule has 0 radical (unpaired) electrons. The molecule has 0 atom stereocenters. The molecule has 0 bridgehead atoms. The van der Waals surface area contributed by atoms with Crippen LogP contribution in [0.2, 0.25) is 0 Å². The van der Waals surface area contributed by atoms with Gasteiger partial charge < -0.3 is 10.3 Å². The van der Waals surface area contributed by atoms with Crippen LogP contribution in [0.15, 0.2) is 39.8 Å². The number of sulfonamides is 1. The Morgan fingerprint density at radius 2 is 2.05 bits per heavy atom. The van der Waals surface area contributed by atoms with Gasteiger partial charge in [-0.05, 0) is 18.6 Å². The van der Waals surface area contributed by atoms with Gasteiger partial charge in [0.05, 0.1) is 11.9 Å². The summed E-state index contributed by atoms with van der Waals surface area (Å²) >= 11 is 0. The van der Waals surface area contributed by atoms with Crippen LogP contribution in [0, 0.1) is 0 Å². The maximum Gasteiger partial charge on any atom is 0.286 e. The molecule has 2 heterocycles. The number of fused-ring (bicyclic) bond motifs is 1. The van der Waals surface area contributed by atoms with E-state index < -0.39 is 10.0 Å². The molecular weight excluding hydrogens is 288 g/mol. The number of anilines is 1. The minimum atomic E-state index is -3.67. The van der Waals surface area contributed by atoms with E-state index in [1.54, 1.807) is 24.4 Å². The molecule has 2 N–H and O–H groups in total. The Morgan fingerprint density at radius 3 is 2.86 bits per heavy atom. The first-order valence-corrected chi connectivity index (χ1v) is 8.29. The average molecular weight is 304 g/mol. The highest BCUT2D eigenvalue weighted by atomic mass is 32.2. The molecule has 1 aromatic heterocycles. The van der Waals surface area contributed by atoms with Crippen molar-refractivity contribution in [1.82, 2.24) is 9.97 Å². The Balaban J connectivity index is 1.94. The summed E-state index contributed by atoms with van der Waals surface area (Å²) in [6.07, 6.45) is 4.57. The van der Waals surface area contributed by atoms with Gasteiger partial charge in [-0.2, -0.15) is 8.42 Å². The molecule has 1 aliphatic heterocycles. The SMILES string of the molecule is CCCCc1ncc(C2=NS(=O)(=O)c3ccccc3N2)[nH]1. The van der Waals surface area contributed by atoms with Gasteiger partial charge >= 0.3 is 0 Å². The molecule has 1 aromatic carbocycles. The van der Waals surface area contributed by atoms with Crippen LogP contribution in [0.25, 0.3) is 0 Å². The molecule has 110 valence electrons. The van der Waals surface area contributed by atoms with Crippen molar-refractivity contribution in [2.24, 2.45) is 4.40 Å². The van der Waals surface area contributed by atoms with Crippen molar-refractivity contribution in [2.45, 2.75) is 31.1 Å². The number of H-pyrrole nitrogens is 1. The summed E-state index contributed by atoms with van der Waals surface area (Å²) < 4.78 is 28.2. The third-order valence-electron chi connectivity index (χ3n) is 3.28. The third kappa shape index (κ3) is 2.69. The molecule has 6 nitrogen and oxygen atoms in total.